The largest absolute Gasteiger partial charge is 0.323 e. The average molecular weight is 260 g/mol. The average Bonchev–Trinajstić information content (AvgIpc) is 2.74. The van der Waals surface area contributed by atoms with Gasteiger partial charge in [0.25, 0.3) is 5.56 Å². The number of thiophene rings is 1. The fraction of sp³-hybridized carbons (Fsp3) is 0. The molecule has 2 aromatic heterocycles. The Balaban J connectivity index is 2.40. The van der Waals surface area contributed by atoms with Gasteiger partial charge >= 0.3 is 0 Å². The maximum atomic E-state index is 11.9. The molecule has 0 unspecified atom stereocenters. The van der Waals surface area contributed by atoms with E-state index >= 15 is 0 Å². The predicted octanol–water partition coefficient (Wildman–Crippen LogP) is 3.31. The van der Waals surface area contributed by atoms with Crippen LogP contribution in [-0.2, 0) is 0 Å². The first kappa shape index (κ1) is 10.4. The summed E-state index contributed by atoms with van der Waals surface area (Å²) in [5, 5.41) is 2.65. The van der Waals surface area contributed by atoms with Crippen molar-refractivity contribution in [1.82, 2.24) is 9.97 Å². The third-order valence-electron chi connectivity index (χ3n) is 2.56. The molecule has 0 aliphatic heterocycles. The number of fused-ring (bicyclic) bond motifs is 1. The quantitative estimate of drug-likeness (QED) is 0.659. The number of aromatic amines is 2. The van der Waals surface area contributed by atoms with Gasteiger partial charge in [0.05, 0.1) is 5.39 Å². The van der Waals surface area contributed by atoms with Crippen molar-refractivity contribution in [3.8, 4) is 11.1 Å². The second-order valence-electron chi connectivity index (χ2n) is 3.63. The second-order valence-corrected chi connectivity index (χ2v) is 4.92. The molecule has 5 heteroatoms. The maximum absolute atomic E-state index is 11.9. The van der Waals surface area contributed by atoms with Crippen LogP contribution in [0.3, 0.4) is 0 Å². The normalized spacial score (nSPS) is 10.8. The first-order valence-corrected chi connectivity index (χ1v) is 6.34. The molecule has 0 amide bonds. The molecular formula is C12H8N2OS2. The van der Waals surface area contributed by atoms with E-state index in [1.54, 1.807) is 0 Å². The van der Waals surface area contributed by atoms with Crippen LogP contribution in [0.15, 0.2) is 40.5 Å². The first-order chi connectivity index (χ1) is 8.25. The van der Waals surface area contributed by atoms with E-state index in [2.05, 4.69) is 9.97 Å². The van der Waals surface area contributed by atoms with E-state index in [1.165, 1.54) is 11.3 Å². The third-order valence-corrected chi connectivity index (χ3v) is 3.66. The van der Waals surface area contributed by atoms with Crippen molar-refractivity contribution >= 4 is 33.8 Å². The van der Waals surface area contributed by atoms with Gasteiger partial charge in [0.2, 0.25) is 0 Å². The lowest BCUT2D eigenvalue weighted by molar-refractivity contribution is 1.15. The lowest BCUT2D eigenvalue weighted by atomic mass is 10.1. The van der Waals surface area contributed by atoms with Gasteiger partial charge in [0, 0.05) is 10.9 Å². The van der Waals surface area contributed by atoms with Gasteiger partial charge in [-0.25, -0.2) is 0 Å². The van der Waals surface area contributed by atoms with Crippen molar-refractivity contribution in [3.05, 3.63) is 50.8 Å². The molecule has 3 rings (SSSR count). The molecule has 0 saturated heterocycles. The Hall–Kier alpha value is -1.72. The fourth-order valence-electron chi connectivity index (χ4n) is 1.81. The Morgan fingerprint density at radius 2 is 1.88 bits per heavy atom. The third kappa shape index (κ3) is 1.73. The molecule has 0 aliphatic carbocycles. The van der Waals surface area contributed by atoms with Crippen LogP contribution in [0.5, 0.6) is 0 Å². The zero-order valence-corrected chi connectivity index (χ0v) is 10.3. The van der Waals surface area contributed by atoms with Crippen molar-refractivity contribution in [2.75, 3.05) is 0 Å². The summed E-state index contributed by atoms with van der Waals surface area (Å²) in [6.07, 6.45) is 0. The molecule has 0 atom stereocenters. The molecule has 84 valence electrons. The zero-order chi connectivity index (χ0) is 11.8. The van der Waals surface area contributed by atoms with Crippen LogP contribution in [0, 0.1) is 4.77 Å². The maximum Gasteiger partial charge on any atom is 0.261 e. The van der Waals surface area contributed by atoms with Gasteiger partial charge in [0.1, 0.15) is 4.83 Å². The summed E-state index contributed by atoms with van der Waals surface area (Å²) in [5.74, 6) is 0. The minimum Gasteiger partial charge on any atom is -0.323 e. The monoisotopic (exact) mass is 260 g/mol. The molecule has 0 spiro atoms. The summed E-state index contributed by atoms with van der Waals surface area (Å²) in [6, 6.07) is 9.84. The summed E-state index contributed by atoms with van der Waals surface area (Å²) < 4.78 is 0.365. The van der Waals surface area contributed by atoms with Crippen LogP contribution < -0.4 is 5.56 Å². The van der Waals surface area contributed by atoms with Crippen LogP contribution in [0.1, 0.15) is 0 Å². The Bertz CT molecular complexity index is 783. The van der Waals surface area contributed by atoms with Crippen molar-refractivity contribution in [2.24, 2.45) is 0 Å². The Kier molecular flexibility index (Phi) is 2.42. The zero-order valence-electron chi connectivity index (χ0n) is 8.69. The highest BCUT2D eigenvalue weighted by Gasteiger charge is 2.09. The predicted molar refractivity (Wildman–Crippen MR) is 73.1 cm³/mol. The number of hydrogen-bond acceptors (Lipinski definition) is 3. The summed E-state index contributed by atoms with van der Waals surface area (Å²) in [4.78, 5) is 18.4. The van der Waals surface area contributed by atoms with E-state index in [0.29, 0.717) is 10.2 Å². The molecule has 3 nitrogen and oxygen atoms in total. The Labute approximate surface area is 106 Å². The van der Waals surface area contributed by atoms with Gasteiger partial charge in [-0.3, -0.25) is 9.78 Å². The lowest BCUT2D eigenvalue weighted by Crippen LogP contribution is -2.06. The summed E-state index contributed by atoms with van der Waals surface area (Å²) >= 11 is 6.44. The molecule has 0 fully saturated rings. The van der Waals surface area contributed by atoms with Crippen LogP contribution in [0.2, 0.25) is 0 Å². The molecule has 0 aliphatic rings. The highest BCUT2D eigenvalue weighted by molar-refractivity contribution is 7.71. The van der Waals surface area contributed by atoms with Gasteiger partial charge in [-0.15, -0.1) is 11.3 Å². The molecule has 2 heterocycles. The van der Waals surface area contributed by atoms with Crippen LogP contribution in [0.25, 0.3) is 21.3 Å². The van der Waals surface area contributed by atoms with E-state index in [-0.39, 0.29) is 5.56 Å². The number of aromatic nitrogens is 2. The van der Waals surface area contributed by atoms with E-state index in [1.807, 2.05) is 35.7 Å². The number of nitrogens with one attached hydrogen (secondary N) is 2. The number of H-pyrrole nitrogens is 2. The fourth-order valence-corrected chi connectivity index (χ4v) is 3.04. The summed E-state index contributed by atoms with van der Waals surface area (Å²) in [5.41, 5.74) is 1.84. The smallest absolute Gasteiger partial charge is 0.261 e. The van der Waals surface area contributed by atoms with Gasteiger partial charge in [-0.1, -0.05) is 30.3 Å². The van der Waals surface area contributed by atoms with E-state index in [0.717, 1.165) is 16.0 Å². The minimum atomic E-state index is -0.135. The van der Waals surface area contributed by atoms with Gasteiger partial charge in [-0.05, 0) is 17.8 Å². The minimum absolute atomic E-state index is 0.135. The molecule has 17 heavy (non-hydrogen) atoms. The lowest BCUT2D eigenvalue weighted by Gasteiger charge is -1.98. The number of hydrogen-bond donors (Lipinski definition) is 2. The van der Waals surface area contributed by atoms with Crippen LogP contribution in [-0.4, -0.2) is 9.97 Å². The SMILES string of the molecule is O=c1[nH]c(=S)[nH]c2scc(-c3ccccc3)c12. The van der Waals surface area contributed by atoms with Crippen LogP contribution in [0.4, 0.5) is 0 Å². The topological polar surface area (TPSA) is 48.6 Å². The van der Waals surface area contributed by atoms with E-state index in [4.69, 9.17) is 12.2 Å². The van der Waals surface area contributed by atoms with Crippen molar-refractivity contribution in [2.45, 2.75) is 0 Å². The first-order valence-electron chi connectivity index (χ1n) is 5.05. The Morgan fingerprint density at radius 3 is 2.65 bits per heavy atom. The van der Waals surface area contributed by atoms with Crippen molar-refractivity contribution < 1.29 is 0 Å². The van der Waals surface area contributed by atoms with Crippen molar-refractivity contribution in [1.29, 1.82) is 0 Å². The highest BCUT2D eigenvalue weighted by Crippen LogP contribution is 2.29. The standard InChI is InChI=1S/C12H8N2OS2/c15-10-9-8(7-4-2-1-3-5-7)6-17-11(9)14-12(16)13-10/h1-6H,(H2,13,14,15,16). The molecular weight excluding hydrogens is 252 g/mol. The molecule has 3 aromatic rings. The molecule has 0 radical (unpaired) electrons. The molecule has 2 N–H and O–H groups in total. The van der Waals surface area contributed by atoms with E-state index < -0.39 is 0 Å². The number of rotatable bonds is 1. The van der Waals surface area contributed by atoms with Gasteiger partial charge < -0.3 is 4.98 Å². The summed E-state index contributed by atoms with van der Waals surface area (Å²) in [6.45, 7) is 0. The summed E-state index contributed by atoms with van der Waals surface area (Å²) in [7, 11) is 0. The van der Waals surface area contributed by atoms with Crippen molar-refractivity contribution in [3.63, 3.8) is 0 Å². The van der Waals surface area contributed by atoms with Gasteiger partial charge in [0.15, 0.2) is 4.77 Å². The van der Waals surface area contributed by atoms with Gasteiger partial charge in [-0.2, -0.15) is 0 Å². The molecule has 1 aromatic carbocycles. The number of benzene rings is 1. The van der Waals surface area contributed by atoms with E-state index in [9.17, 15) is 4.79 Å². The van der Waals surface area contributed by atoms with Crippen LogP contribution >= 0.6 is 23.6 Å². The highest BCUT2D eigenvalue weighted by atomic mass is 32.1. The molecule has 0 saturated carbocycles. The second kappa shape index (κ2) is 3.94. The Morgan fingerprint density at radius 1 is 1.12 bits per heavy atom. The molecule has 0 bridgehead atoms.